The van der Waals surface area contributed by atoms with Gasteiger partial charge in [0.15, 0.2) is 5.58 Å². The molecule has 6 rings (SSSR count). The Morgan fingerprint density at radius 1 is 0.688 bits per heavy atom. The van der Waals surface area contributed by atoms with Gasteiger partial charge in [-0.15, -0.1) is 0 Å². The number of phenolic OH excluding ortho intramolecular Hbond substituents is 2. The first-order valence-electron chi connectivity index (χ1n) is 10.2. The zero-order valence-electron chi connectivity index (χ0n) is 16.8. The summed E-state index contributed by atoms with van der Waals surface area (Å²) in [6.45, 7) is 0. The minimum absolute atomic E-state index is 0.180. The topological polar surface area (TPSA) is 87.8 Å². The van der Waals surface area contributed by atoms with E-state index in [0.717, 1.165) is 16.8 Å². The monoisotopic (exact) mass is 422 g/mol. The molecule has 3 N–H and O–H groups in total. The molecule has 4 aromatic carbocycles. The first-order valence-corrected chi connectivity index (χ1v) is 10.2. The molecule has 0 radical (unpaired) electrons. The van der Waals surface area contributed by atoms with E-state index in [0.29, 0.717) is 33.9 Å². The number of hydrogen-bond donors (Lipinski definition) is 3. The van der Waals surface area contributed by atoms with Crippen LogP contribution in [-0.2, 0) is 0 Å². The average molecular weight is 422 g/mol. The highest BCUT2D eigenvalue weighted by molar-refractivity contribution is 5.93. The van der Waals surface area contributed by atoms with E-state index in [-0.39, 0.29) is 11.5 Å². The van der Waals surface area contributed by atoms with Crippen molar-refractivity contribution in [3.05, 3.63) is 90.8 Å². The van der Waals surface area contributed by atoms with Crippen molar-refractivity contribution in [1.82, 2.24) is 4.98 Å². The van der Waals surface area contributed by atoms with Gasteiger partial charge in [-0.1, -0.05) is 60.7 Å². The van der Waals surface area contributed by atoms with Crippen LogP contribution in [0, 0.1) is 0 Å². The fraction of sp³-hybridized carbons (Fsp3) is 0.0385. The molecule has 0 spiro atoms. The van der Waals surface area contributed by atoms with E-state index in [9.17, 15) is 10.2 Å². The summed E-state index contributed by atoms with van der Waals surface area (Å²) in [6.07, 6.45) is -0.623. The van der Waals surface area contributed by atoms with Gasteiger partial charge < -0.3 is 24.7 Å². The Morgan fingerprint density at radius 3 is 2.06 bits per heavy atom. The van der Waals surface area contributed by atoms with Crippen LogP contribution in [0.25, 0.3) is 33.4 Å². The molecule has 1 aliphatic heterocycles. The summed E-state index contributed by atoms with van der Waals surface area (Å²) in [4.78, 5) is 4.70. The lowest BCUT2D eigenvalue weighted by Crippen LogP contribution is -2.10. The second kappa shape index (κ2) is 7.06. The Labute approximate surface area is 183 Å². The Kier molecular flexibility index (Phi) is 4.04. The minimum atomic E-state index is -0.623. The number of benzene rings is 4. The van der Waals surface area contributed by atoms with Gasteiger partial charge in [-0.05, 0) is 24.3 Å². The summed E-state index contributed by atoms with van der Waals surface area (Å²) in [5, 5.41) is 24.0. The van der Waals surface area contributed by atoms with Gasteiger partial charge in [0.2, 0.25) is 6.23 Å². The van der Waals surface area contributed by atoms with Gasteiger partial charge in [0.05, 0.1) is 5.69 Å². The lowest BCUT2D eigenvalue weighted by atomic mass is 10.0. The summed E-state index contributed by atoms with van der Waals surface area (Å²) in [6, 6.07) is 25.6. The Bertz CT molecular complexity index is 1470. The van der Waals surface area contributed by atoms with Crippen LogP contribution in [0.15, 0.2) is 89.3 Å². The van der Waals surface area contributed by atoms with Crippen molar-refractivity contribution in [2.24, 2.45) is 0 Å². The molecule has 5 aromatic rings. The lowest BCUT2D eigenvalue weighted by molar-refractivity contribution is 0.221. The molecule has 1 aliphatic rings. The third kappa shape index (κ3) is 2.85. The highest BCUT2D eigenvalue weighted by Crippen LogP contribution is 2.46. The second-order valence-corrected chi connectivity index (χ2v) is 7.56. The number of anilines is 1. The normalized spacial score (nSPS) is 14.7. The molecule has 0 bridgehead atoms. The molecular formula is C26H18N2O4. The maximum atomic E-state index is 10.3. The summed E-state index contributed by atoms with van der Waals surface area (Å²) in [5.41, 5.74) is 5.01. The molecule has 6 heteroatoms. The Hall–Kier alpha value is -4.45. The fourth-order valence-corrected chi connectivity index (χ4v) is 4.10. The number of aromatic hydroxyl groups is 2. The van der Waals surface area contributed by atoms with Gasteiger partial charge in [-0.25, -0.2) is 4.98 Å². The van der Waals surface area contributed by atoms with Gasteiger partial charge in [-0.2, -0.15) is 0 Å². The quantitative estimate of drug-likeness (QED) is 0.327. The molecule has 0 aliphatic carbocycles. The lowest BCUT2D eigenvalue weighted by Gasteiger charge is -2.09. The molecule has 2 heterocycles. The second-order valence-electron chi connectivity index (χ2n) is 7.56. The van der Waals surface area contributed by atoms with E-state index < -0.39 is 6.23 Å². The number of para-hydroxylation sites is 4. The number of aromatic nitrogens is 1. The number of rotatable bonds is 3. The van der Waals surface area contributed by atoms with Crippen molar-refractivity contribution in [3.8, 4) is 39.5 Å². The molecule has 1 aromatic heterocycles. The summed E-state index contributed by atoms with van der Waals surface area (Å²) in [7, 11) is 0. The largest absolute Gasteiger partial charge is 0.507 e. The Balaban J connectivity index is 1.41. The number of ether oxygens (including phenoxy) is 1. The van der Waals surface area contributed by atoms with Gasteiger partial charge in [0.25, 0.3) is 5.89 Å². The van der Waals surface area contributed by atoms with Crippen LogP contribution in [0.2, 0.25) is 0 Å². The van der Waals surface area contributed by atoms with E-state index in [1.807, 2.05) is 60.7 Å². The van der Waals surface area contributed by atoms with Gasteiger partial charge >= 0.3 is 0 Å². The van der Waals surface area contributed by atoms with E-state index >= 15 is 0 Å². The third-order valence-corrected chi connectivity index (χ3v) is 5.59. The van der Waals surface area contributed by atoms with Crippen molar-refractivity contribution in [1.29, 1.82) is 0 Å². The first kappa shape index (κ1) is 18.3. The molecule has 6 nitrogen and oxygen atoms in total. The molecule has 156 valence electrons. The zero-order valence-corrected chi connectivity index (χ0v) is 16.8. The molecule has 0 fully saturated rings. The molecular weight excluding hydrogens is 404 g/mol. The summed E-state index contributed by atoms with van der Waals surface area (Å²) >= 11 is 0. The van der Waals surface area contributed by atoms with Gasteiger partial charge in [-0.3, -0.25) is 0 Å². The van der Waals surface area contributed by atoms with Gasteiger partial charge in [0, 0.05) is 22.3 Å². The third-order valence-electron chi connectivity index (χ3n) is 5.59. The SMILES string of the molecule is Oc1ccccc1-c1cccc2c1NC(c1nc3c(-c4ccccc4O)cccc3o1)O2. The predicted molar refractivity (Wildman–Crippen MR) is 122 cm³/mol. The van der Waals surface area contributed by atoms with Crippen molar-refractivity contribution in [3.63, 3.8) is 0 Å². The summed E-state index contributed by atoms with van der Waals surface area (Å²) in [5.74, 6) is 1.40. The van der Waals surface area contributed by atoms with Crippen LogP contribution in [0.3, 0.4) is 0 Å². The van der Waals surface area contributed by atoms with Gasteiger partial charge in [0.1, 0.15) is 22.8 Å². The van der Waals surface area contributed by atoms with E-state index in [1.54, 1.807) is 24.3 Å². The number of oxazole rings is 1. The maximum absolute atomic E-state index is 10.3. The number of phenols is 2. The molecule has 0 saturated heterocycles. The van der Waals surface area contributed by atoms with Crippen molar-refractivity contribution in [2.75, 3.05) is 5.32 Å². The van der Waals surface area contributed by atoms with Crippen LogP contribution >= 0.6 is 0 Å². The zero-order chi connectivity index (χ0) is 21.7. The standard InChI is InChI=1S/C26H18N2O4/c29-19-11-3-1-7-15(19)17-9-5-13-21-23(17)27-25(31-21)26-28-24-18(10-6-14-22(24)32-26)16-8-2-4-12-20(16)30/h1-14,25,27,29-30H. The van der Waals surface area contributed by atoms with E-state index in [1.165, 1.54) is 0 Å². The molecule has 0 saturated carbocycles. The van der Waals surface area contributed by atoms with Crippen LogP contribution < -0.4 is 10.1 Å². The Morgan fingerprint density at radius 2 is 1.31 bits per heavy atom. The molecule has 32 heavy (non-hydrogen) atoms. The van der Waals surface area contributed by atoms with Crippen LogP contribution in [0.1, 0.15) is 12.1 Å². The van der Waals surface area contributed by atoms with Crippen molar-refractivity contribution in [2.45, 2.75) is 6.23 Å². The molecule has 0 amide bonds. The van der Waals surface area contributed by atoms with Crippen LogP contribution in [0.4, 0.5) is 5.69 Å². The van der Waals surface area contributed by atoms with E-state index in [2.05, 4.69) is 5.32 Å². The highest BCUT2D eigenvalue weighted by atomic mass is 16.5. The minimum Gasteiger partial charge on any atom is -0.507 e. The number of nitrogens with one attached hydrogen (secondary N) is 1. The van der Waals surface area contributed by atoms with Crippen molar-refractivity contribution < 1.29 is 19.4 Å². The number of fused-ring (bicyclic) bond motifs is 2. The van der Waals surface area contributed by atoms with E-state index in [4.69, 9.17) is 14.1 Å². The first-order chi connectivity index (χ1) is 15.7. The predicted octanol–water partition coefficient (Wildman–Crippen LogP) is 6.08. The number of hydrogen-bond acceptors (Lipinski definition) is 6. The number of nitrogens with zero attached hydrogens (tertiary/aromatic N) is 1. The van der Waals surface area contributed by atoms with Crippen molar-refractivity contribution >= 4 is 16.8 Å². The molecule has 1 atom stereocenters. The fourth-order valence-electron chi connectivity index (χ4n) is 4.10. The average Bonchev–Trinajstić information content (AvgIpc) is 3.44. The van der Waals surface area contributed by atoms with Crippen LogP contribution in [0.5, 0.6) is 17.2 Å². The maximum Gasteiger partial charge on any atom is 0.258 e. The summed E-state index contributed by atoms with van der Waals surface area (Å²) < 4.78 is 12.1. The molecule has 1 unspecified atom stereocenters. The highest BCUT2D eigenvalue weighted by Gasteiger charge is 2.30. The smallest absolute Gasteiger partial charge is 0.258 e. The van der Waals surface area contributed by atoms with Crippen LogP contribution in [-0.4, -0.2) is 15.2 Å².